The van der Waals surface area contributed by atoms with Crippen LogP contribution in [0.5, 0.6) is 0 Å². The number of hydrogen-bond donors (Lipinski definition) is 2. The molecule has 1 aromatic rings. The second-order valence-electron chi connectivity index (χ2n) is 8.07. The normalized spacial score (nSPS) is 12.4. The van der Waals surface area contributed by atoms with E-state index in [4.69, 9.17) is 10.5 Å². The summed E-state index contributed by atoms with van der Waals surface area (Å²) in [6, 6.07) is 1.67. The summed E-state index contributed by atoms with van der Waals surface area (Å²) in [5.41, 5.74) is 5.15. The predicted octanol–water partition coefficient (Wildman–Crippen LogP) is 5.07. The molecule has 29 heavy (non-hydrogen) atoms. The average molecular weight is 443 g/mol. The van der Waals surface area contributed by atoms with Gasteiger partial charge in [-0.2, -0.15) is 0 Å². The van der Waals surface area contributed by atoms with Gasteiger partial charge in [0.05, 0.1) is 22.8 Å². The molecule has 0 aliphatic heterocycles. The fourth-order valence-electron chi connectivity index (χ4n) is 2.42. The number of carbonyl (C=O) groups is 3. The number of anilines is 1. The second kappa shape index (κ2) is 12.2. The Kier molecular flexibility index (Phi) is 10.7. The molecule has 164 valence electrons. The minimum absolute atomic E-state index is 0.185. The minimum atomic E-state index is -0.589. The zero-order valence-electron chi connectivity index (χ0n) is 18.1. The molecule has 8 heteroatoms. The highest BCUT2D eigenvalue weighted by Crippen LogP contribution is 2.36. The van der Waals surface area contributed by atoms with E-state index in [0.29, 0.717) is 35.3 Å². The van der Waals surface area contributed by atoms with E-state index in [-0.39, 0.29) is 11.9 Å². The van der Waals surface area contributed by atoms with Crippen LogP contribution in [0, 0.1) is 11.3 Å². The maximum absolute atomic E-state index is 12.2. The van der Waals surface area contributed by atoms with Gasteiger partial charge in [0.2, 0.25) is 5.91 Å². The lowest BCUT2D eigenvalue weighted by molar-refractivity contribution is -0.144. The van der Waals surface area contributed by atoms with Gasteiger partial charge in [0.1, 0.15) is 5.00 Å². The summed E-state index contributed by atoms with van der Waals surface area (Å²) in [7, 11) is 0. The first-order valence-corrected chi connectivity index (χ1v) is 11.9. The van der Waals surface area contributed by atoms with E-state index in [1.807, 2.05) is 0 Å². The number of thiophene rings is 1. The molecule has 1 aromatic heterocycles. The Labute approximate surface area is 182 Å². The maximum Gasteiger partial charge on any atom is 0.306 e. The summed E-state index contributed by atoms with van der Waals surface area (Å²) in [5, 5.41) is 3.23. The van der Waals surface area contributed by atoms with Crippen LogP contribution in [0.1, 0.15) is 77.1 Å². The number of thioether (sulfide) groups is 1. The Morgan fingerprint density at radius 1 is 1.28 bits per heavy atom. The van der Waals surface area contributed by atoms with Crippen LogP contribution >= 0.6 is 23.1 Å². The highest BCUT2D eigenvalue weighted by molar-refractivity contribution is 8.01. The zero-order valence-corrected chi connectivity index (χ0v) is 19.8. The van der Waals surface area contributed by atoms with Crippen LogP contribution < -0.4 is 11.1 Å². The van der Waals surface area contributed by atoms with E-state index in [9.17, 15) is 14.4 Å². The largest absolute Gasteiger partial charge is 0.465 e. The smallest absolute Gasteiger partial charge is 0.306 e. The predicted molar refractivity (Wildman–Crippen MR) is 121 cm³/mol. The number of unbranched alkanes of at least 4 members (excludes halogenated alkanes) is 1. The molecule has 1 unspecified atom stereocenters. The molecule has 1 atom stereocenters. The summed E-state index contributed by atoms with van der Waals surface area (Å²) in [6.07, 6.45) is 4.69. The Balaban J connectivity index is 2.55. The Bertz CT molecular complexity index is 695. The lowest BCUT2D eigenvalue weighted by atomic mass is 9.96. The molecular formula is C21H34N2O4S2. The average Bonchev–Trinajstić information content (AvgIpc) is 3.04. The molecule has 0 saturated heterocycles. The van der Waals surface area contributed by atoms with Gasteiger partial charge in [-0.3, -0.25) is 14.4 Å². The number of hydrogen-bond acceptors (Lipinski definition) is 6. The third-order valence-electron chi connectivity index (χ3n) is 4.46. The van der Waals surface area contributed by atoms with E-state index in [1.165, 1.54) is 23.1 Å². The lowest BCUT2D eigenvalue weighted by Crippen LogP contribution is -2.28. The van der Waals surface area contributed by atoms with Crippen molar-refractivity contribution in [3.63, 3.8) is 0 Å². The molecular weight excluding hydrogens is 408 g/mol. The van der Waals surface area contributed by atoms with Gasteiger partial charge >= 0.3 is 5.97 Å². The monoisotopic (exact) mass is 442 g/mol. The molecule has 1 rings (SSSR count). The van der Waals surface area contributed by atoms with Crippen LogP contribution in [0.25, 0.3) is 0 Å². The van der Waals surface area contributed by atoms with Crippen molar-refractivity contribution < 1.29 is 19.1 Å². The zero-order chi connectivity index (χ0) is 22.0. The van der Waals surface area contributed by atoms with Gasteiger partial charge in [-0.15, -0.1) is 23.1 Å². The van der Waals surface area contributed by atoms with E-state index >= 15 is 0 Å². The summed E-state index contributed by atoms with van der Waals surface area (Å²) < 4.78 is 6.23. The SMILES string of the molecule is CCCCC(CC)COC(=O)CCSc1cc(C(N)=O)c(NC(=O)C(C)(C)C)s1. The van der Waals surface area contributed by atoms with Gasteiger partial charge in [0.25, 0.3) is 5.91 Å². The molecule has 0 saturated carbocycles. The Hall–Kier alpha value is -1.54. The molecule has 0 aromatic carbocycles. The first-order chi connectivity index (χ1) is 13.6. The fraction of sp³-hybridized carbons (Fsp3) is 0.667. The number of nitrogens with two attached hydrogens (primary N) is 1. The molecule has 6 nitrogen and oxygen atoms in total. The van der Waals surface area contributed by atoms with Gasteiger partial charge in [-0.05, 0) is 18.4 Å². The van der Waals surface area contributed by atoms with Gasteiger partial charge in [-0.25, -0.2) is 0 Å². The highest BCUT2D eigenvalue weighted by atomic mass is 32.2. The number of amides is 2. The molecule has 0 spiro atoms. The molecule has 0 radical (unpaired) electrons. The van der Waals surface area contributed by atoms with E-state index in [1.54, 1.807) is 26.8 Å². The van der Waals surface area contributed by atoms with Crippen molar-refractivity contribution in [3.8, 4) is 0 Å². The van der Waals surface area contributed by atoms with Crippen molar-refractivity contribution in [1.29, 1.82) is 0 Å². The summed E-state index contributed by atoms with van der Waals surface area (Å²) in [6.45, 7) is 10.1. The van der Waals surface area contributed by atoms with Crippen molar-refractivity contribution in [2.24, 2.45) is 17.1 Å². The molecule has 0 aliphatic rings. The molecule has 0 aliphatic carbocycles. The Morgan fingerprint density at radius 2 is 1.97 bits per heavy atom. The van der Waals surface area contributed by atoms with Crippen LogP contribution in [-0.2, 0) is 14.3 Å². The maximum atomic E-state index is 12.2. The van der Waals surface area contributed by atoms with Crippen molar-refractivity contribution in [2.75, 3.05) is 17.7 Å². The fourth-order valence-corrected chi connectivity index (χ4v) is 4.62. The van der Waals surface area contributed by atoms with Crippen LogP contribution in [0.15, 0.2) is 10.3 Å². The quantitative estimate of drug-likeness (QED) is 0.348. The van der Waals surface area contributed by atoms with E-state index < -0.39 is 11.3 Å². The first-order valence-electron chi connectivity index (χ1n) is 10.1. The van der Waals surface area contributed by atoms with Crippen molar-refractivity contribution >= 4 is 45.9 Å². The van der Waals surface area contributed by atoms with Gasteiger partial charge in [0, 0.05) is 11.2 Å². The highest BCUT2D eigenvalue weighted by Gasteiger charge is 2.24. The van der Waals surface area contributed by atoms with Crippen LogP contribution in [0.4, 0.5) is 5.00 Å². The van der Waals surface area contributed by atoms with E-state index in [2.05, 4.69) is 19.2 Å². The summed E-state index contributed by atoms with van der Waals surface area (Å²) >= 11 is 2.74. The van der Waals surface area contributed by atoms with Crippen molar-refractivity contribution in [2.45, 2.75) is 70.9 Å². The third kappa shape index (κ3) is 9.21. The molecule has 0 bridgehead atoms. The number of ether oxygens (including phenoxy) is 1. The van der Waals surface area contributed by atoms with Crippen molar-refractivity contribution in [1.82, 2.24) is 0 Å². The van der Waals surface area contributed by atoms with E-state index in [0.717, 1.165) is 29.9 Å². The lowest BCUT2D eigenvalue weighted by Gasteiger charge is -2.17. The van der Waals surface area contributed by atoms with Crippen LogP contribution in [0.2, 0.25) is 0 Å². The van der Waals surface area contributed by atoms with Gasteiger partial charge in [0.15, 0.2) is 0 Å². The molecule has 3 N–H and O–H groups in total. The number of carbonyl (C=O) groups excluding carboxylic acids is 3. The molecule has 1 heterocycles. The number of rotatable bonds is 12. The van der Waals surface area contributed by atoms with Crippen LogP contribution in [-0.4, -0.2) is 30.1 Å². The second-order valence-corrected chi connectivity index (χ2v) is 10.5. The molecule has 0 fully saturated rings. The summed E-state index contributed by atoms with van der Waals surface area (Å²) in [4.78, 5) is 35.9. The standard InChI is InChI=1S/C21H34N2O4S2/c1-6-8-9-14(7-2)13-27-16(24)10-11-28-17-12-15(18(22)25)19(29-17)23-20(26)21(3,4)5/h12,14H,6-11,13H2,1-5H3,(H2,22,25)(H,23,26). The van der Waals surface area contributed by atoms with Gasteiger partial charge in [-0.1, -0.05) is 53.9 Å². The number of nitrogens with one attached hydrogen (secondary N) is 1. The first kappa shape index (κ1) is 25.5. The summed E-state index contributed by atoms with van der Waals surface area (Å²) in [5.74, 6) is -0.0167. The number of primary amides is 1. The molecule has 2 amide bonds. The number of esters is 1. The minimum Gasteiger partial charge on any atom is -0.465 e. The topological polar surface area (TPSA) is 98.5 Å². The van der Waals surface area contributed by atoms with Gasteiger partial charge < -0.3 is 15.8 Å². The Morgan fingerprint density at radius 3 is 2.52 bits per heavy atom. The third-order valence-corrected chi connectivity index (χ3v) is 6.72. The van der Waals surface area contributed by atoms with Crippen molar-refractivity contribution in [3.05, 3.63) is 11.6 Å². The van der Waals surface area contributed by atoms with Crippen LogP contribution in [0.3, 0.4) is 0 Å².